The van der Waals surface area contributed by atoms with Crippen LogP contribution in [-0.4, -0.2) is 44.7 Å². The Morgan fingerprint density at radius 3 is 2.08 bits per heavy atom. The van der Waals surface area contributed by atoms with Gasteiger partial charge < -0.3 is 20.2 Å². The number of hydrogen-bond donors (Lipinski definition) is 3. The third-order valence-corrected chi connectivity index (χ3v) is 7.67. The van der Waals surface area contributed by atoms with E-state index in [2.05, 4.69) is 15.5 Å². The van der Waals surface area contributed by atoms with Crippen molar-refractivity contribution in [2.24, 2.45) is 5.90 Å². The van der Waals surface area contributed by atoms with Crippen LogP contribution in [0, 0.1) is 0 Å². The topological polar surface area (TPSA) is 154 Å². The summed E-state index contributed by atoms with van der Waals surface area (Å²) in [7, 11) is -4.01. The van der Waals surface area contributed by atoms with Gasteiger partial charge in [-0.15, -0.1) is 0 Å². The molecule has 3 rings (SSSR count). The minimum Gasteiger partial charge on any atom is -0.445 e. The number of carbonyl (C=O) groups excluding carboxylic acids is 3. The van der Waals surface area contributed by atoms with Crippen molar-refractivity contribution in [3.05, 3.63) is 90.5 Å². The molecule has 3 aromatic carbocycles. The molecule has 10 nitrogen and oxygen atoms in total. The molecule has 2 amide bonds. The number of rotatable bonds is 11. The highest BCUT2D eigenvalue weighted by Gasteiger charge is 2.29. The third kappa shape index (κ3) is 8.94. The second kappa shape index (κ2) is 13.4. The maximum atomic E-state index is 12.9. The molecule has 3 aromatic rings. The fourth-order valence-electron chi connectivity index (χ4n) is 3.08. The van der Waals surface area contributed by atoms with E-state index in [0.717, 1.165) is 15.4 Å². The van der Waals surface area contributed by atoms with Crippen LogP contribution >= 0.6 is 11.8 Å². The van der Waals surface area contributed by atoms with Crippen LogP contribution in [0.25, 0.3) is 0 Å². The molecule has 0 fully saturated rings. The molecule has 0 radical (unpaired) electrons. The molecule has 0 aliphatic heterocycles. The van der Waals surface area contributed by atoms with Crippen LogP contribution in [0.3, 0.4) is 0 Å². The highest BCUT2D eigenvalue weighted by Crippen LogP contribution is 2.28. The first-order chi connectivity index (χ1) is 17.8. The van der Waals surface area contributed by atoms with Gasteiger partial charge in [0.05, 0.1) is 10.6 Å². The Bertz CT molecular complexity index is 1300. The molecule has 12 heteroatoms. The molecule has 0 saturated heterocycles. The Morgan fingerprint density at radius 1 is 0.865 bits per heavy atom. The van der Waals surface area contributed by atoms with Gasteiger partial charge in [-0.25, -0.2) is 18.0 Å². The maximum absolute atomic E-state index is 12.9. The van der Waals surface area contributed by atoms with Crippen LogP contribution < -0.4 is 16.5 Å². The molecular weight excluding hydrogens is 518 g/mol. The van der Waals surface area contributed by atoms with Crippen molar-refractivity contribution < 1.29 is 32.4 Å². The number of carbonyl (C=O) groups is 3. The molecule has 0 aliphatic carbocycles. The van der Waals surface area contributed by atoms with Crippen molar-refractivity contribution in [2.45, 2.75) is 27.3 Å². The maximum Gasteiger partial charge on any atom is 0.407 e. The summed E-state index contributed by atoms with van der Waals surface area (Å²) in [4.78, 5) is 42.1. The van der Waals surface area contributed by atoms with Crippen molar-refractivity contribution in [1.29, 1.82) is 0 Å². The van der Waals surface area contributed by atoms with Gasteiger partial charge in [-0.1, -0.05) is 60.3 Å². The number of sulfone groups is 1. The van der Waals surface area contributed by atoms with Gasteiger partial charge in [-0.2, -0.15) is 5.90 Å². The van der Waals surface area contributed by atoms with Crippen LogP contribution in [-0.2, 0) is 35.6 Å². The predicted molar refractivity (Wildman–Crippen MR) is 136 cm³/mol. The Labute approximate surface area is 218 Å². The number of nitrogens with one attached hydrogen (secondary N) is 2. The predicted octanol–water partition coefficient (Wildman–Crippen LogP) is 2.44. The van der Waals surface area contributed by atoms with Gasteiger partial charge in [0.15, 0.2) is 9.84 Å². The van der Waals surface area contributed by atoms with Crippen molar-refractivity contribution in [2.75, 3.05) is 12.3 Å². The Morgan fingerprint density at radius 2 is 1.46 bits per heavy atom. The minimum absolute atomic E-state index is 0.00267. The molecule has 194 valence electrons. The molecule has 1 atom stereocenters. The molecule has 0 heterocycles. The zero-order valence-corrected chi connectivity index (χ0v) is 21.2. The fraction of sp³-hybridized carbons (Fsp3) is 0.160. The van der Waals surface area contributed by atoms with Gasteiger partial charge in [0.1, 0.15) is 19.2 Å². The van der Waals surface area contributed by atoms with Gasteiger partial charge in [0, 0.05) is 9.79 Å². The normalized spacial score (nSPS) is 11.7. The molecule has 37 heavy (non-hydrogen) atoms. The lowest BCUT2D eigenvalue weighted by molar-refractivity contribution is -0.147. The van der Waals surface area contributed by atoms with Gasteiger partial charge in [-0.05, 0) is 42.0 Å². The lowest BCUT2D eigenvalue weighted by atomic mass is 10.2. The molecular formula is C25H25N3O7S2. The van der Waals surface area contributed by atoms with E-state index in [1.807, 2.05) is 36.4 Å². The average Bonchev–Trinajstić information content (AvgIpc) is 2.91. The Balaban J connectivity index is 1.55. The average molecular weight is 544 g/mol. The van der Waals surface area contributed by atoms with Gasteiger partial charge in [-0.3, -0.25) is 4.79 Å². The first kappa shape index (κ1) is 27.7. The number of alkyl carbamates (subject to hydrolysis) is 1. The van der Waals surface area contributed by atoms with Crippen molar-refractivity contribution in [3.8, 4) is 0 Å². The number of hydrogen-bond acceptors (Lipinski definition) is 9. The van der Waals surface area contributed by atoms with E-state index < -0.39 is 46.1 Å². The van der Waals surface area contributed by atoms with Crippen molar-refractivity contribution in [1.82, 2.24) is 10.6 Å². The van der Waals surface area contributed by atoms with Gasteiger partial charge >= 0.3 is 12.1 Å². The summed E-state index contributed by atoms with van der Waals surface area (Å²) in [5.41, 5.74) is 0.754. The lowest BCUT2D eigenvalue weighted by Gasteiger charge is -2.16. The second-order valence-electron chi connectivity index (χ2n) is 7.64. The van der Waals surface area contributed by atoms with E-state index in [4.69, 9.17) is 10.6 Å². The summed E-state index contributed by atoms with van der Waals surface area (Å²) < 4.78 is 30.8. The first-order valence-electron chi connectivity index (χ1n) is 11.0. The van der Waals surface area contributed by atoms with Crippen LogP contribution in [0.4, 0.5) is 4.79 Å². The van der Waals surface area contributed by atoms with Crippen LogP contribution in [0.15, 0.2) is 99.6 Å². The molecule has 0 saturated carbocycles. The summed E-state index contributed by atoms with van der Waals surface area (Å²) in [6.07, 6.45) is -0.863. The van der Waals surface area contributed by atoms with E-state index in [1.54, 1.807) is 36.4 Å². The molecule has 0 aromatic heterocycles. The van der Waals surface area contributed by atoms with Gasteiger partial charge in [0.2, 0.25) is 5.91 Å². The molecule has 0 spiro atoms. The zero-order chi connectivity index (χ0) is 26.7. The first-order valence-corrected chi connectivity index (χ1v) is 13.4. The molecule has 0 aliphatic rings. The van der Waals surface area contributed by atoms with Crippen LogP contribution in [0.5, 0.6) is 0 Å². The highest BCUT2D eigenvalue weighted by atomic mass is 32.2. The zero-order valence-electron chi connectivity index (χ0n) is 19.5. The number of nitrogens with two attached hydrogens (primary N) is 1. The van der Waals surface area contributed by atoms with E-state index in [9.17, 15) is 22.8 Å². The second-order valence-corrected chi connectivity index (χ2v) is 10.8. The summed E-state index contributed by atoms with van der Waals surface area (Å²) in [6, 6.07) is 23.0. The lowest BCUT2D eigenvalue weighted by Crippen LogP contribution is -2.49. The van der Waals surface area contributed by atoms with E-state index in [0.29, 0.717) is 0 Å². The van der Waals surface area contributed by atoms with Crippen molar-refractivity contribution in [3.63, 3.8) is 0 Å². The molecule has 4 N–H and O–H groups in total. The summed E-state index contributed by atoms with van der Waals surface area (Å²) in [5.74, 6) is 2.15. The molecule has 1 unspecified atom stereocenters. The fourth-order valence-corrected chi connectivity index (χ4v) is 5.32. The van der Waals surface area contributed by atoms with E-state index in [-0.39, 0.29) is 11.5 Å². The van der Waals surface area contributed by atoms with E-state index >= 15 is 0 Å². The van der Waals surface area contributed by atoms with Crippen LogP contribution in [0.2, 0.25) is 0 Å². The number of benzene rings is 3. The van der Waals surface area contributed by atoms with Crippen LogP contribution in [0.1, 0.15) is 5.56 Å². The summed E-state index contributed by atoms with van der Waals surface area (Å²) >= 11 is 1.46. The number of ether oxygens (including phenoxy) is 1. The largest absolute Gasteiger partial charge is 0.445 e. The smallest absolute Gasteiger partial charge is 0.407 e. The Kier molecular flexibility index (Phi) is 10.1. The van der Waals surface area contributed by atoms with E-state index in [1.165, 1.54) is 23.9 Å². The molecule has 0 bridgehead atoms. The minimum atomic E-state index is -4.01. The number of amides is 2. The Hall–Kier alpha value is -3.87. The standard InChI is InChI=1S/C25H25N3O7S2/c26-35-24(30)22(28-23(29)15-27-25(31)34-16-18-7-3-1-4-8-18)17-37(32,33)21-13-11-20(12-14-21)36-19-9-5-2-6-10-19/h1-14,22H,15-17,26H2,(H,27,31)(H,28,29). The SMILES string of the molecule is NOC(=O)C(CS(=O)(=O)c1ccc(Sc2ccccc2)cc1)NC(=O)CNC(=O)OCc1ccccc1. The summed E-state index contributed by atoms with van der Waals surface area (Å²) in [6.45, 7) is -0.565. The third-order valence-electron chi connectivity index (χ3n) is 4.89. The quantitative estimate of drug-likeness (QED) is 0.309. The monoisotopic (exact) mass is 543 g/mol. The van der Waals surface area contributed by atoms with Gasteiger partial charge in [0.25, 0.3) is 0 Å². The summed E-state index contributed by atoms with van der Waals surface area (Å²) in [5, 5.41) is 4.45. The highest BCUT2D eigenvalue weighted by molar-refractivity contribution is 7.99. The van der Waals surface area contributed by atoms with Crippen molar-refractivity contribution >= 4 is 39.6 Å².